The number of amides is 1. The Labute approximate surface area is 139 Å². The van der Waals surface area contributed by atoms with Crippen molar-refractivity contribution in [3.63, 3.8) is 0 Å². The summed E-state index contributed by atoms with van der Waals surface area (Å²) in [6.07, 6.45) is 0. The van der Waals surface area contributed by atoms with Crippen LogP contribution in [0.3, 0.4) is 0 Å². The Hall–Kier alpha value is -2.54. The van der Waals surface area contributed by atoms with Gasteiger partial charge in [-0.1, -0.05) is 6.92 Å². The smallest absolute Gasteiger partial charge is 0.255 e. The number of benzene rings is 2. The molecule has 2 aromatic rings. The third-order valence-electron chi connectivity index (χ3n) is 3.46. The first kappa shape index (κ1) is 17.8. The van der Waals surface area contributed by atoms with Gasteiger partial charge in [0.15, 0.2) is 15.6 Å². The quantitative estimate of drug-likeness (QED) is 0.841. The first-order valence-corrected chi connectivity index (χ1v) is 8.84. The molecule has 2 rings (SSSR count). The second-order valence-corrected chi connectivity index (χ2v) is 7.41. The molecule has 0 spiro atoms. The molecule has 24 heavy (non-hydrogen) atoms. The van der Waals surface area contributed by atoms with E-state index < -0.39 is 21.6 Å². The van der Waals surface area contributed by atoms with Crippen molar-refractivity contribution >= 4 is 27.2 Å². The Morgan fingerprint density at radius 1 is 1.08 bits per heavy atom. The second-order valence-electron chi connectivity index (χ2n) is 5.13. The van der Waals surface area contributed by atoms with Gasteiger partial charge in [0.25, 0.3) is 5.91 Å². The number of carbonyl (C=O) groups excluding carboxylic acids is 2. The van der Waals surface area contributed by atoms with Crippen LogP contribution in [-0.4, -0.2) is 25.9 Å². The van der Waals surface area contributed by atoms with Crippen LogP contribution in [-0.2, 0) is 9.84 Å². The van der Waals surface area contributed by atoms with Gasteiger partial charge in [-0.2, -0.15) is 0 Å². The highest BCUT2D eigenvalue weighted by atomic mass is 32.2. The molecule has 5 nitrogen and oxygen atoms in total. The summed E-state index contributed by atoms with van der Waals surface area (Å²) >= 11 is 0. The first-order chi connectivity index (χ1) is 11.2. The summed E-state index contributed by atoms with van der Waals surface area (Å²) in [5.74, 6) is -1.50. The summed E-state index contributed by atoms with van der Waals surface area (Å²) in [4.78, 5) is 23.9. The Morgan fingerprint density at radius 3 is 2.25 bits per heavy atom. The number of rotatable bonds is 5. The Bertz CT molecular complexity index is 889. The zero-order valence-electron chi connectivity index (χ0n) is 13.2. The van der Waals surface area contributed by atoms with Gasteiger partial charge in [0.05, 0.1) is 16.3 Å². The maximum Gasteiger partial charge on any atom is 0.255 e. The van der Waals surface area contributed by atoms with Gasteiger partial charge in [-0.05, 0) is 49.4 Å². The molecule has 0 saturated heterocycles. The van der Waals surface area contributed by atoms with E-state index in [2.05, 4.69) is 5.32 Å². The van der Waals surface area contributed by atoms with Gasteiger partial charge in [0, 0.05) is 11.1 Å². The van der Waals surface area contributed by atoms with E-state index in [1.807, 2.05) is 0 Å². The number of ketones is 1. The molecule has 0 bridgehead atoms. The maximum absolute atomic E-state index is 13.4. The Morgan fingerprint density at radius 2 is 1.71 bits per heavy atom. The molecule has 1 amide bonds. The normalized spacial score (nSPS) is 11.1. The fraction of sp³-hybridized carbons (Fsp3) is 0.176. The number of hydrogen-bond acceptors (Lipinski definition) is 4. The highest BCUT2D eigenvalue weighted by Gasteiger charge is 2.15. The van der Waals surface area contributed by atoms with Crippen molar-refractivity contribution in [2.45, 2.75) is 18.7 Å². The van der Waals surface area contributed by atoms with Crippen molar-refractivity contribution in [1.82, 2.24) is 0 Å². The van der Waals surface area contributed by atoms with Crippen molar-refractivity contribution in [2.24, 2.45) is 0 Å². The lowest BCUT2D eigenvalue weighted by Gasteiger charge is -2.10. The first-order valence-electron chi connectivity index (χ1n) is 7.19. The van der Waals surface area contributed by atoms with E-state index in [-0.39, 0.29) is 33.2 Å². The third kappa shape index (κ3) is 3.86. The number of carbonyl (C=O) groups is 2. The van der Waals surface area contributed by atoms with Crippen LogP contribution < -0.4 is 5.32 Å². The molecular weight excluding hydrogens is 333 g/mol. The van der Waals surface area contributed by atoms with Crippen LogP contribution in [0.1, 0.15) is 34.6 Å². The number of nitrogens with one attached hydrogen (secondary N) is 1. The summed E-state index contributed by atoms with van der Waals surface area (Å²) in [5, 5.41) is 2.47. The molecule has 0 unspecified atom stereocenters. The molecule has 0 saturated carbocycles. The summed E-state index contributed by atoms with van der Waals surface area (Å²) in [6.45, 7) is 2.84. The van der Waals surface area contributed by atoms with Gasteiger partial charge >= 0.3 is 0 Å². The molecule has 0 radical (unpaired) electrons. The summed E-state index contributed by atoms with van der Waals surface area (Å²) in [6, 6.07) is 8.90. The van der Waals surface area contributed by atoms with Crippen LogP contribution in [0, 0.1) is 5.82 Å². The maximum atomic E-state index is 13.4. The van der Waals surface area contributed by atoms with E-state index in [0.717, 1.165) is 12.1 Å². The molecule has 0 aliphatic carbocycles. The predicted octanol–water partition coefficient (Wildman–Crippen LogP) is 3.07. The molecular formula is C17H16FNO4S. The van der Waals surface area contributed by atoms with Gasteiger partial charge in [0.2, 0.25) is 0 Å². The monoisotopic (exact) mass is 349 g/mol. The van der Waals surface area contributed by atoms with Crippen molar-refractivity contribution < 1.29 is 22.4 Å². The highest BCUT2D eigenvalue weighted by Crippen LogP contribution is 2.19. The number of Topliss-reactive ketones (excluding diaryl/α,β-unsaturated/α-hetero) is 1. The van der Waals surface area contributed by atoms with Crippen LogP contribution in [0.15, 0.2) is 47.4 Å². The molecule has 1 N–H and O–H groups in total. The van der Waals surface area contributed by atoms with E-state index in [1.165, 1.54) is 44.2 Å². The van der Waals surface area contributed by atoms with Gasteiger partial charge in [-0.25, -0.2) is 12.8 Å². The summed E-state index contributed by atoms with van der Waals surface area (Å²) < 4.78 is 36.9. The topological polar surface area (TPSA) is 80.3 Å². The standard InChI is InChI=1S/C17H16FNO4S/c1-3-24(22,23)14-7-4-12(5-8-14)17(21)19-16-10-13(18)6-9-15(16)11(2)20/h4-10H,3H2,1-2H3,(H,19,21). The summed E-state index contributed by atoms with van der Waals surface area (Å²) in [7, 11) is -3.35. The molecule has 0 atom stereocenters. The highest BCUT2D eigenvalue weighted by molar-refractivity contribution is 7.91. The van der Waals surface area contributed by atoms with E-state index in [0.29, 0.717) is 0 Å². The fourth-order valence-electron chi connectivity index (χ4n) is 2.10. The molecule has 0 aromatic heterocycles. The zero-order chi connectivity index (χ0) is 17.9. The predicted molar refractivity (Wildman–Crippen MR) is 88.5 cm³/mol. The third-order valence-corrected chi connectivity index (χ3v) is 5.22. The lowest BCUT2D eigenvalue weighted by molar-refractivity contribution is 0.101. The number of sulfone groups is 1. The second kappa shape index (κ2) is 6.92. The minimum absolute atomic E-state index is 0.0379. The van der Waals surface area contributed by atoms with Crippen molar-refractivity contribution in [3.05, 3.63) is 59.4 Å². The van der Waals surface area contributed by atoms with Gasteiger partial charge in [-0.15, -0.1) is 0 Å². The molecule has 7 heteroatoms. The average Bonchev–Trinajstić information content (AvgIpc) is 2.54. The van der Waals surface area contributed by atoms with Crippen LogP contribution in [0.2, 0.25) is 0 Å². The van der Waals surface area contributed by atoms with E-state index in [1.54, 1.807) is 0 Å². The summed E-state index contributed by atoms with van der Waals surface area (Å²) in [5.41, 5.74) is 0.455. The van der Waals surface area contributed by atoms with E-state index >= 15 is 0 Å². The molecule has 0 heterocycles. The molecule has 0 aliphatic heterocycles. The van der Waals surface area contributed by atoms with Crippen LogP contribution in [0.25, 0.3) is 0 Å². The van der Waals surface area contributed by atoms with Crippen LogP contribution in [0.4, 0.5) is 10.1 Å². The minimum Gasteiger partial charge on any atom is -0.321 e. The van der Waals surface area contributed by atoms with E-state index in [4.69, 9.17) is 0 Å². The SMILES string of the molecule is CCS(=O)(=O)c1ccc(C(=O)Nc2cc(F)ccc2C(C)=O)cc1. The van der Waals surface area contributed by atoms with Gasteiger partial charge in [0.1, 0.15) is 5.82 Å². The molecule has 0 aliphatic rings. The van der Waals surface area contributed by atoms with Crippen molar-refractivity contribution in [2.75, 3.05) is 11.1 Å². The Kier molecular flexibility index (Phi) is 5.14. The van der Waals surface area contributed by atoms with Gasteiger partial charge < -0.3 is 5.32 Å². The van der Waals surface area contributed by atoms with Crippen LogP contribution in [0.5, 0.6) is 0 Å². The lowest BCUT2D eigenvalue weighted by atomic mass is 10.1. The zero-order valence-corrected chi connectivity index (χ0v) is 14.0. The number of hydrogen-bond donors (Lipinski definition) is 1. The number of halogens is 1. The lowest BCUT2D eigenvalue weighted by Crippen LogP contribution is -2.15. The Balaban J connectivity index is 2.28. The van der Waals surface area contributed by atoms with E-state index in [9.17, 15) is 22.4 Å². The van der Waals surface area contributed by atoms with Crippen molar-refractivity contribution in [3.8, 4) is 0 Å². The minimum atomic E-state index is -3.35. The average molecular weight is 349 g/mol. The molecule has 126 valence electrons. The largest absolute Gasteiger partial charge is 0.321 e. The number of anilines is 1. The molecule has 0 fully saturated rings. The molecule has 2 aromatic carbocycles. The van der Waals surface area contributed by atoms with Crippen molar-refractivity contribution in [1.29, 1.82) is 0 Å². The van der Waals surface area contributed by atoms with Gasteiger partial charge in [-0.3, -0.25) is 9.59 Å². The van der Waals surface area contributed by atoms with Crippen LogP contribution >= 0.6 is 0 Å². The fourth-order valence-corrected chi connectivity index (χ4v) is 2.99.